The minimum atomic E-state index is -2.97. The number of hydrogen-bond donors (Lipinski definition) is 1. The Balaban J connectivity index is 1.35. The highest BCUT2D eigenvalue weighted by atomic mass is 19.3. The summed E-state index contributed by atoms with van der Waals surface area (Å²) in [5.41, 5.74) is 1.96. The number of carbonyl (C=O) groups excluding carboxylic acids is 2. The van der Waals surface area contributed by atoms with E-state index in [0.717, 1.165) is 24.7 Å². The molecule has 214 valence electrons. The fourth-order valence-corrected chi connectivity index (χ4v) is 5.55. The third kappa shape index (κ3) is 5.62. The highest BCUT2D eigenvalue weighted by molar-refractivity contribution is 6.07. The monoisotopic (exact) mass is 555 g/mol. The number of hydrogen-bond acceptors (Lipinski definition) is 7. The molecule has 5 rings (SSSR count). The van der Waals surface area contributed by atoms with Crippen molar-refractivity contribution in [3.63, 3.8) is 0 Å². The largest absolute Gasteiger partial charge is 0.508 e. The number of aldehydes is 1. The number of phenolic OH excluding ortho intramolecular Hbond substituents is 1. The number of rotatable bonds is 9. The Bertz CT molecular complexity index is 1300. The first-order valence-corrected chi connectivity index (χ1v) is 13.7. The van der Waals surface area contributed by atoms with E-state index in [1.165, 1.54) is 12.1 Å². The molecule has 1 saturated heterocycles. The van der Waals surface area contributed by atoms with Gasteiger partial charge in [0, 0.05) is 29.6 Å². The summed E-state index contributed by atoms with van der Waals surface area (Å²) in [4.78, 5) is 27.3. The minimum absolute atomic E-state index is 0.0291. The van der Waals surface area contributed by atoms with Gasteiger partial charge in [0.25, 0.3) is 5.91 Å². The quantitative estimate of drug-likeness (QED) is 0.438. The zero-order chi connectivity index (χ0) is 28.6. The van der Waals surface area contributed by atoms with Gasteiger partial charge in [-0.25, -0.2) is 0 Å². The highest BCUT2D eigenvalue weighted by Crippen LogP contribution is 2.41. The van der Waals surface area contributed by atoms with Crippen LogP contribution in [0.2, 0.25) is 0 Å². The average Bonchev–Trinajstić information content (AvgIpc) is 3.71. The molecule has 2 fully saturated rings. The van der Waals surface area contributed by atoms with Crippen molar-refractivity contribution < 1.29 is 33.0 Å². The summed E-state index contributed by atoms with van der Waals surface area (Å²) in [6, 6.07) is 8.99. The van der Waals surface area contributed by atoms with Crippen LogP contribution < -0.4 is 9.47 Å². The van der Waals surface area contributed by atoms with Crippen LogP contribution in [0.4, 0.5) is 8.78 Å². The lowest BCUT2D eigenvalue weighted by Crippen LogP contribution is -2.50. The Hall–Kier alpha value is -3.69. The van der Waals surface area contributed by atoms with Crippen molar-refractivity contribution in [3.05, 3.63) is 53.1 Å². The van der Waals surface area contributed by atoms with Gasteiger partial charge in [0.15, 0.2) is 11.5 Å². The minimum Gasteiger partial charge on any atom is -0.508 e. The molecule has 2 heterocycles. The van der Waals surface area contributed by atoms with Gasteiger partial charge in [-0.05, 0) is 74.4 Å². The van der Waals surface area contributed by atoms with E-state index in [1.54, 1.807) is 29.2 Å². The van der Waals surface area contributed by atoms with Gasteiger partial charge in [-0.15, -0.1) is 0 Å². The van der Waals surface area contributed by atoms with Crippen LogP contribution in [0.15, 0.2) is 41.5 Å². The summed E-state index contributed by atoms with van der Waals surface area (Å²) in [5.74, 6) is 0.549. The van der Waals surface area contributed by atoms with Crippen molar-refractivity contribution in [2.75, 3.05) is 19.7 Å². The van der Waals surface area contributed by atoms with E-state index in [4.69, 9.17) is 14.6 Å². The number of aryl methyl sites for hydroxylation is 1. The average molecular weight is 556 g/mol. The smallest absolute Gasteiger partial charge is 0.387 e. The first-order chi connectivity index (χ1) is 19.1. The fourth-order valence-electron chi connectivity index (χ4n) is 5.55. The van der Waals surface area contributed by atoms with E-state index in [1.807, 2.05) is 25.8 Å². The van der Waals surface area contributed by atoms with E-state index in [2.05, 4.69) is 0 Å². The molecular formula is C30H35F2N3O5. The van der Waals surface area contributed by atoms with E-state index in [9.17, 15) is 23.5 Å². The lowest BCUT2D eigenvalue weighted by Gasteiger charge is -2.39. The van der Waals surface area contributed by atoms with Gasteiger partial charge in [-0.3, -0.25) is 9.80 Å². The van der Waals surface area contributed by atoms with Crippen molar-refractivity contribution in [1.82, 2.24) is 9.91 Å². The second-order valence-electron chi connectivity index (χ2n) is 11.4. The molecule has 0 aromatic heterocycles. The molecule has 0 radical (unpaired) electrons. The third-order valence-corrected chi connectivity index (χ3v) is 8.16. The number of piperidine rings is 1. The fraction of sp³-hybridized carbons (Fsp3) is 0.500. The van der Waals surface area contributed by atoms with Gasteiger partial charge in [0.05, 0.1) is 18.4 Å². The molecule has 1 unspecified atom stereocenters. The first kappa shape index (κ1) is 27.9. The maximum atomic E-state index is 13.1. The molecule has 1 saturated carbocycles. The Labute approximate surface area is 232 Å². The van der Waals surface area contributed by atoms with Crippen molar-refractivity contribution >= 4 is 17.9 Å². The van der Waals surface area contributed by atoms with Crippen molar-refractivity contribution in [2.45, 2.75) is 65.1 Å². The number of ether oxygens (including phenoxy) is 2. The standard InChI is InChI=1S/C30H35F2N3O5/c1-18-4-8-22(37)15-23(18)28(38)34-12-10-21(11-13-34)35-26(16-36)30(2,3)27(33-35)20-7-9-24(40-29(31)32)25(14-20)39-17-19-5-6-19/h4,7-9,14-16,19,21,26,29,37H,5-6,10-13,17H2,1-3H3. The number of halogens is 2. The zero-order valence-corrected chi connectivity index (χ0v) is 23.0. The van der Waals surface area contributed by atoms with Crippen molar-refractivity contribution in [2.24, 2.45) is 16.4 Å². The van der Waals surface area contributed by atoms with E-state index in [-0.39, 0.29) is 29.2 Å². The number of carbonyl (C=O) groups is 2. The van der Waals surface area contributed by atoms with E-state index >= 15 is 0 Å². The van der Waals surface area contributed by atoms with Crippen LogP contribution in [0.5, 0.6) is 17.2 Å². The zero-order valence-electron chi connectivity index (χ0n) is 23.0. The van der Waals surface area contributed by atoms with Crippen LogP contribution in [0, 0.1) is 18.3 Å². The lowest BCUT2D eigenvalue weighted by molar-refractivity contribution is -0.115. The molecule has 40 heavy (non-hydrogen) atoms. The second kappa shape index (κ2) is 11.1. The molecule has 8 nitrogen and oxygen atoms in total. The summed E-state index contributed by atoms with van der Waals surface area (Å²) in [7, 11) is 0. The molecular weight excluding hydrogens is 520 g/mol. The SMILES string of the molecule is Cc1ccc(O)cc1C(=O)N1CCC(N2N=C(c3ccc(OC(F)F)c(OCC4CC4)c3)C(C)(C)C2C=O)CC1. The van der Waals surface area contributed by atoms with Gasteiger partial charge in [-0.1, -0.05) is 19.9 Å². The van der Waals surface area contributed by atoms with E-state index < -0.39 is 18.1 Å². The number of phenols is 1. The van der Waals surface area contributed by atoms with Crippen molar-refractivity contribution in [1.29, 1.82) is 0 Å². The van der Waals surface area contributed by atoms with Crippen LogP contribution >= 0.6 is 0 Å². The molecule has 3 aliphatic rings. The number of likely N-dealkylation sites (tertiary alicyclic amines) is 1. The molecule has 1 amide bonds. The van der Waals surface area contributed by atoms with Gasteiger partial charge in [0.2, 0.25) is 0 Å². The molecule has 0 bridgehead atoms. The van der Waals surface area contributed by atoms with Gasteiger partial charge in [-0.2, -0.15) is 13.9 Å². The summed E-state index contributed by atoms with van der Waals surface area (Å²) in [6.45, 7) is 4.17. The Morgan fingerprint density at radius 2 is 1.85 bits per heavy atom. The third-order valence-electron chi connectivity index (χ3n) is 8.16. The Morgan fingerprint density at radius 1 is 1.12 bits per heavy atom. The van der Waals surface area contributed by atoms with E-state index in [0.29, 0.717) is 55.3 Å². The summed E-state index contributed by atoms with van der Waals surface area (Å²) in [6.07, 6.45) is 4.26. The molecule has 1 N–H and O–H groups in total. The summed E-state index contributed by atoms with van der Waals surface area (Å²) >= 11 is 0. The highest BCUT2D eigenvalue weighted by Gasteiger charge is 2.47. The van der Waals surface area contributed by atoms with Crippen LogP contribution in [-0.4, -0.2) is 71.3 Å². The number of alkyl halides is 2. The molecule has 2 aromatic rings. The second-order valence-corrected chi connectivity index (χ2v) is 11.4. The lowest BCUT2D eigenvalue weighted by atomic mass is 9.78. The number of aromatic hydroxyl groups is 1. The number of benzene rings is 2. The summed E-state index contributed by atoms with van der Waals surface area (Å²) < 4.78 is 36.6. The van der Waals surface area contributed by atoms with Crippen LogP contribution in [0.25, 0.3) is 0 Å². The summed E-state index contributed by atoms with van der Waals surface area (Å²) in [5, 5.41) is 16.6. The number of amides is 1. The molecule has 0 spiro atoms. The Kier molecular flexibility index (Phi) is 7.70. The molecule has 1 atom stereocenters. The maximum Gasteiger partial charge on any atom is 0.387 e. The van der Waals surface area contributed by atoms with Crippen LogP contribution in [-0.2, 0) is 4.79 Å². The Morgan fingerprint density at radius 3 is 2.50 bits per heavy atom. The maximum absolute atomic E-state index is 13.1. The predicted molar refractivity (Wildman–Crippen MR) is 145 cm³/mol. The van der Waals surface area contributed by atoms with Crippen LogP contribution in [0.3, 0.4) is 0 Å². The van der Waals surface area contributed by atoms with Gasteiger partial charge in [0.1, 0.15) is 18.1 Å². The molecule has 2 aliphatic heterocycles. The topological polar surface area (TPSA) is 91.7 Å². The molecule has 1 aliphatic carbocycles. The van der Waals surface area contributed by atoms with Gasteiger partial charge < -0.3 is 24.3 Å². The molecule has 2 aromatic carbocycles. The number of hydrazone groups is 1. The van der Waals surface area contributed by atoms with Gasteiger partial charge >= 0.3 is 6.61 Å². The predicted octanol–water partition coefficient (Wildman–Crippen LogP) is 5.01. The van der Waals surface area contributed by atoms with Crippen LogP contribution in [0.1, 0.15) is 61.0 Å². The van der Waals surface area contributed by atoms with Crippen molar-refractivity contribution in [3.8, 4) is 17.2 Å². The first-order valence-electron chi connectivity index (χ1n) is 13.7. The normalized spacial score (nSPS) is 20.9. The molecule has 10 heteroatoms. The number of nitrogens with zero attached hydrogens (tertiary/aromatic N) is 3.